The fourth-order valence-electron chi connectivity index (χ4n) is 3.81. The zero-order chi connectivity index (χ0) is 28.3. The summed E-state index contributed by atoms with van der Waals surface area (Å²) in [5.74, 6) is -3.05. The Bertz CT molecular complexity index is 1290. The van der Waals surface area contributed by atoms with Gasteiger partial charge in [0.15, 0.2) is 0 Å². The number of carbonyl (C=O) groups excluding carboxylic acids is 2. The van der Waals surface area contributed by atoms with Gasteiger partial charge in [0.25, 0.3) is 5.91 Å². The third kappa shape index (κ3) is 6.89. The quantitative estimate of drug-likeness (QED) is 0.134. The molecule has 0 aromatic heterocycles. The third-order valence-corrected chi connectivity index (χ3v) is 7.49. The number of halogens is 7. The van der Waals surface area contributed by atoms with Crippen LogP contribution in [0.1, 0.15) is 23.7 Å². The van der Waals surface area contributed by atoms with E-state index in [9.17, 15) is 27.2 Å². The average Bonchev–Trinajstić information content (AvgIpc) is 3.26. The monoisotopic (exact) mass is 590 g/mol. The molecular weight excluding hydrogens is 571 g/mol. The summed E-state index contributed by atoms with van der Waals surface area (Å²) in [6.45, 7) is 4.96. The molecule has 2 aromatic carbocycles. The van der Waals surface area contributed by atoms with E-state index in [1.165, 1.54) is 48.5 Å². The highest BCUT2D eigenvalue weighted by atomic mass is 35.5. The molecule has 0 radical (unpaired) electrons. The maximum absolute atomic E-state index is 13.1. The molecule has 38 heavy (non-hydrogen) atoms. The fraction of sp³-hybridized carbons (Fsp3) is 0.231. The van der Waals surface area contributed by atoms with E-state index in [4.69, 9.17) is 34.8 Å². The molecule has 1 fully saturated rings. The van der Waals surface area contributed by atoms with Crippen molar-refractivity contribution in [3.05, 3.63) is 95.5 Å². The molecule has 2 atom stereocenters. The van der Waals surface area contributed by atoms with E-state index in [1.54, 1.807) is 6.92 Å². The zero-order valence-electron chi connectivity index (χ0n) is 19.7. The number of allylic oxidation sites excluding steroid dienone is 4. The number of ether oxygens (including phenoxy) is 1. The van der Waals surface area contributed by atoms with Crippen molar-refractivity contribution in [3.63, 3.8) is 0 Å². The highest BCUT2D eigenvalue weighted by Gasteiger charge is 2.75. The van der Waals surface area contributed by atoms with Crippen LogP contribution in [-0.2, 0) is 9.53 Å². The normalized spacial score (nSPS) is 20.6. The number of amides is 2. The smallest absolute Gasteiger partial charge is 0.406 e. The summed E-state index contributed by atoms with van der Waals surface area (Å²) in [6, 6.07) is 9.35. The Morgan fingerprint density at radius 2 is 1.74 bits per heavy atom. The van der Waals surface area contributed by atoms with Crippen LogP contribution in [0.15, 0.2) is 79.1 Å². The van der Waals surface area contributed by atoms with Crippen LogP contribution >= 0.6 is 34.8 Å². The molecule has 0 heterocycles. The van der Waals surface area contributed by atoms with E-state index in [1.807, 2.05) is 0 Å². The van der Waals surface area contributed by atoms with Crippen LogP contribution in [0, 0.1) is 17.2 Å². The number of nitrogens with one attached hydrogen (secondary N) is 2. The first-order valence-electron chi connectivity index (χ1n) is 11.0. The molecular formula is C26H21Cl3F4N2O3. The van der Waals surface area contributed by atoms with Crippen molar-refractivity contribution in [1.29, 1.82) is 0 Å². The van der Waals surface area contributed by atoms with Crippen molar-refractivity contribution in [2.24, 2.45) is 11.3 Å². The summed E-state index contributed by atoms with van der Waals surface area (Å²) >= 11 is 18.9. The van der Waals surface area contributed by atoms with Crippen LogP contribution in [0.3, 0.4) is 0 Å². The molecule has 1 saturated carbocycles. The van der Waals surface area contributed by atoms with Gasteiger partial charge in [0, 0.05) is 16.8 Å². The molecule has 2 unspecified atom stereocenters. The third-order valence-electron chi connectivity index (χ3n) is 5.86. The van der Waals surface area contributed by atoms with E-state index in [0.717, 1.165) is 18.2 Å². The van der Waals surface area contributed by atoms with Gasteiger partial charge in [-0.15, -0.1) is 36.4 Å². The number of benzene rings is 2. The topological polar surface area (TPSA) is 67.4 Å². The van der Waals surface area contributed by atoms with Crippen LogP contribution in [0.5, 0.6) is 0 Å². The van der Waals surface area contributed by atoms with Gasteiger partial charge in [-0.3, -0.25) is 9.59 Å². The number of rotatable bonds is 9. The van der Waals surface area contributed by atoms with Crippen molar-refractivity contribution in [2.75, 3.05) is 10.6 Å². The molecule has 5 nitrogen and oxygen atoms in total. The lowest BCUT2D eigenvalue weighted by molar-refractivity contribution is -0.303. The van der Waals surface area contributed by atoms with Crippen LogP contribution in [0.25, 0.3) is 0 Å². The molecule has 3 rings (SSSR count). The first-order chi connectivity index (χ1) is 17.7. The van der Waals surface area contributed by atoms with E-state index < -0.39 is 45.4 Å². The molecule has 0 aliphatic heterocycles. The van der Waals surface area contributed by atoms with Crippen molar-refractivity contribution < 1.29 is 31.9 Å². The van der Waals surface area contributed by atoms with Gasteiger partial charge in [-0.2, -0.15) is 0 Å². The number of carbonyl (C=O) groups is 2. The summed E-state index contributed by atoms with van der Waals surface area (Å²) in [7, 11) is 0. The maximum Gasteiger partial charge on any atom is 0.573 e. The fourth-order valence-corrected chi connectivity index (χ4v) is 4.95. The predicted molar refractivity (Wildman–Crippen MR) is 140 cm³/mol. The Kier molecular flexibility index (Phi) is 8.86. The lowest BCUT2D eigenvalue weighted by atomic mass is 10.0. The lowest BCUT2D eigenvalue weighted by Crippen LogP contribution is -2.19. The summed E-state index contributed by atoms with van der Waals surface area (Å²) in [5.41, 5.74) is -0.398. The Hall–Kier alpha value is -3.01. The van der Waals surface area contributed by atoms with Crippen molar-refractivity contribution in [2.45, 2.75) is 24.0 Å². The molecule has 0 spiro atoms. The van der Waals surface area contributed by atoms with Crippen molar-refractivity contribution in [1.82, 2.24) is 0 Å². The van der Waals surface area contributed by atoms with Gasteiger partial charge in [0.2, 0.25) is 5.91 Å². The van der Waals surface area contributed by atoms with Crippen LogP contribution in [-0.4, -0.2) is 22.5 Å². The summed E-state index contributed by atoms with van der Waals surface area (Å²) in [4.78, 5) is 25.7. The van der Waals surface area contributed by atoms with E-state index in [2.05, 4.69) is 21.9 Å². The van der Waals surface area contributed by atoms with E-state index >= 15 is 0 Å². The highest BCUT2D eigenvalue weighted by Crippen LogP contribution is 2.71. The summed E-state index contributed by atoms with van der Waals surface area (Å²) in [5, 5.41) is 5.33. The van der Waals surface area contributed by atoms with Crippen LogP contribution in [0.2, 0.25) is 5.02 Å². The Balaban J connectivity index is 1.70. The Morgan fingerprint density at radius 1 is 1.11 bits per heavy atom. The van der Waals surface area contributed by atoms with E-state index in [-0.39, 0.29) is 22.7 Å². The van der Waals surface area contributed by atoms with Gasteiger partial charge in [0.05, 0.1) is 16.5 Å². The standard InChI is InChI=1S/C26H21Cl3F4N2O3/c1-3-5-18(38-26(31,32)33)6-4-13-24(2)21(25(24,28)29)23(37)35-17-11-12-20(27)19(14-17)22(36)34-16-9-7-15(30)8-10-16/h3-12,14,21H,1,13H2,2H3,(H,34,36)(H,35,37)/b6-4-,18-5+. The van der Waals surface area contributed by atoms with Gasteiger partial charge in [-0.05, 0) is 61.0 Å². The summed E-state index contributed by atoms with van der Waals surface area (Å²) in [6.07, 6.45) is -0.214. The van der Waals surface area contributed by atoms with Gasteiger partial charge >= 0.3 is 6.36 Å². The highest BCUT2D eigenvalue weighted by molar-refractivity contribution is 6.53. The summed E-state index contributed by atoms with van der Waals surface area (Å²) < 4.78 is 53.2. The lowest BCUT2D eigenvalue weighted by Gasteiger charge is -2.12. The van der Waals surface area contributed by atoms with Crippen molar-refractivity contribution >= 4 is 58.0 Å². The number of alkyl halides is 5. The molecule has 202 valence electrons. The van der Waals surface area contributed by atoms with Crippen LogP contribution < -0.4 is 10.6 Å². The molecule has 1 aliphatic rings. The van der Waals surface area contributed by atoms with Gasteiger partial charge in [-0.1, -0.05) is 37.3 Å². The Labute approximate surface area is 231 Å². The first-order valence-corrected chi connectivity index (χ1v) is 12.1. The minimum Gasteiger partial charge on any atom is -0.406 e. The molecule has 2 amide bonds. The molecule has 0 bridgehead atoms. The van der Waals surface area contributed by atoms with Crippen LogP contribution in [0.4, 0.5) is 28.9 Å². The second-order valence-corrected chi connectivity index (χ2v) is 10.4. The molecule has 1 aliphatic carbocycles. The zero-order valence-corrected chi connectivity index (χ0v) is 22.0. The number of hydrogen-bond donors (Lipinski definition) is 2. The minimum atomic E-state index is -4.89. The van der Waals surface area contributed by atoms with E-state index in [0.29, 0.717) is 5.69 Å². The predicted octanol–water partition coefficient (Wildman–Crippen LogP) is 8.03. The first kappa shape index (κ1) is 29.5. The van der Waals surface area contributed by atoms with Gasteiger partial charge in [-0.25, -0.2) is 4.39 Å². The second kappa shape index (κ2) is 11.4. The molecule has 2 aromatic rings. The van der Waals surface area contributed by atoms with Gasteiger partial charge in [0.1, 0.15) is 15.9 Å². The molecule has 12 heteroatoms. The molecule has 0 saturated heterocycles. The number of hydrogen-bond acceptors (Lipinski definition) is 3. The second-order valence-electron chi connectivity index (χ2n) is 8.58. The molecule has 2 N–H and O–H groups in total. The largest absolute Gasteiger partial charge is 0.573 e. The maximum atomic E-state index is 13.1. The van der Waals surface area contributed by atoms with Crippen molar-refractivity contribution in [3.8, 4) is 0 Å². The SMILES string of the molecule is C=C/C=C(\C=C/CC1(C)C(C(=O)Nc2ccc(Cl)c(C(=O)Nc3ccc(F)cc3)c2)C1(Cl)Cl)OC(F)(F)F. The average molecular weight is 592 g/mol. The van der Waals surface area contributed by atoms with Gasteiger partial charge < -0.3 is 15.4 Å². The number of anilines is 2. The minimum absolute atomic E-state index is 0.0458. The Morgan fingerprint density at radius 3 is 2.34 bits per heavy atom.